The predicted octanol–water partition coefficient (Wildman–Crippen LogP) is 4.73. The predicted molar refractivity (Wildman–Crippen MR) is 117 cm³/mol. The van der Waals surface area contributed by atoms with Gasteiger partial charge in [0.25, 0.3) is 0 Å². The molecule has 0 bridgehead atoms. The van der Waals surface area contributed by atoms with Crippen LogP contribution in [0.2, 0.25) is 0 Å². The largest absolute Gasteiger partial charge is 0.268 e. The fraction of sp³-hybridized carbons (Fsp3) is 0.0952. The summed E-state index contributed by atoms with van der Waals surface area (Å²) >= 11 is 3.88. The number of hydrogen-bond donors (Lipinski definition) is 0. The molecule has 0 aliphatic carbocycles. The SMILES string of the molecule is [Au].c1ccc([P+](SC2=NCCS2)(c2ccccc2)c2ccccc2)cc1. The van der Waals surface area contributed by atoms with Crippen molar-refractivity contribution in [3.63, 3.8) is 0 Å². The minimum atomic E-state index is -1.84. The van der Waals surface area contributed by atoms with Crippen LogP contribution in [-0.4, -0.2) is 16.7 Å². The molecule has 1 aliphatic heterocycles. The third-order valence-electron chi connectivity index (χ3n) is 4.13. The maximum Gasteiger partial charge on any atom is 0.178 e. The van der Waals surface area contributed by atoms with Crippen molar-refractivity contribution >= 4 is 49.9 Å². The Morgan fingerprint density at radius 3 is 1.46 bits per heavy atom. The normalized spacial score (nSPS) is 13.8. The molecular weight excluding hydrogens is 558 g/mol. The minimum Gasteiger partial charge on any atom is -0.268 e. The van der Waals surface area contributed by atoms with Gasteiger partial charge < -0.3 is 0 Å². The van der Waals surface area contributed by atoms with Gasteiger partial charge in [0.15, 0.2) is 10.8 Å². The van der Waals surface area contributed by atoms with E-state index in [1.807, 2.05) is 23.1 Å². The number of benzene rings is 3. The van der Waals surface area contributed by atoms with Gasteiger partial charge >= 0.3 is 0 Å². The monoisotopic (exact) mass is 577 g/mol. The van der Waals surface area contributed by atoms with Crippen LogP contribution in [0.15, 0.2) is 96.0 Å². The zero-order valence-corrected chi connectivity index (χ0v) is 18.8. The van der Waals surface area contributed by atoms with Crippen molar-refractivity contribution in [2.45, 2.75) is 0 Å². The van der Waals surface area contributed by atoms with Crippen LogP contribution in [0.5, 0.6) is 0 Å². The first-order chi connectivity index (χ1) is 12.4. The summed E-state index contributed by atoms with van der Waals surface area (Å²) in [5.74, 6) is 1.10. The van der Waals surface area contributed by atoms with E-state index in [0.717, 1.165) is 12.3 Å². The Morgan fingerprint density at radius 1 is 0.692 bits per heavy atom. The van der Waals surface area contributed by atoms with E-state index in [1.165, 1.54) is 20.3 Å². The Bertz CT molecular complexity index is 760. The van der Waals surface area contributed by atoms with Crippen molar-refractivity contribution in [3.8, 4) is 0 Å². The molecule has 3 aromatic rings. The second kappa shape index (κ2) is 9.41. The maximum atomic E-state index is 4.77. The van der Waals surface area contributed by atoms with E-state index in [4.69, 9.17) is 4.99 Å². The second-order valence-electron chi connectivity index (χ2n) is 5.70. The molecule has 0 unspecified atom stereocenters. The van der Waals surface area contributed by atoms with Crippen LogP contribution in [0.3, 0.4) is 0 Å². The van der Waals surface area contributed by atoms with E-state index in [0.29, 0.717) is 0 Å². The smallest absolute Gasteiger partial charge is 0.178 e. The van der Waals surface area contributed by atoms with Crippen LogP contribution in [0, 0.1) is 0 Å². The van der Waals surface area contributed by atoms with E-state index < -0.39 is 6.46 Å². The first-order valence-electron chi connectivity index (χ1n) is 8.32. The number of thioether (sulfide) groups is 1. The van der Waals surface area contributed by atoms with Gasteiger partial charge in [-0.2, -0.15) is 0 Å². The minimum absolute atomic E-state index is 0. The van der Waals surface area contributed by atoms with Crippen LogP contribution in [-0.2, 0) is 22.4 Å². The molecule has 1 heterocycles. The molecule has 0 atom stereocenters. The first-order valence-corrected chi connectivity index (χ1v) is 12.5. The average Bonchev–Trinajstić information content (AvgIpc) is 3.21. The Hall–Kier alpha value is -0.800. The Balaban J connectivity index is 0.00000196. The summed E-state index contributed by atoms with van der Waals surface area (Å²) in [6, 6.07) is 32.9. The number of rotatable bonds is 4. The zero-order valence-electron chi connectivity index (χ0n) is 14.1. The molecule has 0 saturated carbocycles. The maximum absolute atomic E-state index is 4.77. The molecule has 1 radical (unpaired) electrons. The van der Waals surface area contributed by atoms with Gasteiger partial charge in [0, 0.05) is 28.1 Å². The van der Waals surface area contributed by atoms with Gasteiger partial charge in [0.2, 0.25) is 0 Å². The number of aliphatic imine (C=N–C) groups is 1. The topological polar surface area (TPSA) is 12.4 Å². The fourth-order valence-electron chi connectivity index (χ4n) is 3.01. The molecule has 5 heteroatoms. The molecule has 0 spiro atoms. The summed E-state index contributed by atoms with van der Waals surface area (Å²) in [5, 5.41) is 4.19. The molecule has 3 aromatic carbocycles. The van der Waals surface area contributed by atoms with E-state index in [1.54, 1.807) is 0 Å². The fourth-order valence-corrected chi connectivity index (χ4v) is 11.8. The third-order valence-corrected chi connectivity index (χ3v) is 12.7. The van der Waals surface area contributed by atoms with Crippen molar-refractivity contribution < 1.29 is 22.4 Å². The quantitative estimate of drug-likeness (QED) is 0.329. The van der Waals surface area contributed by atoms with Crippen LogP contribution in [0.25, 0.3) is 0 Å². The van der Waals surface area contributed by atoms with E-state index in [9.17, 15) is 0 Å². The van der Waals surface area contributed by atoms with E-state index in [-0.39, 0.29) is 22.4 Å². The van der Waals surface area contributed by atoms with Crippen molar-refractivity contribution in [2.75, 3.05) is 12.3 Å². The molecule has 135 valence electrons. The summed E-state index contributed by atoms with van der Waals surface area (Å²) < 4.78 is 1.23. The van der Waals surface area contributed by atoms with Crippen molar-refractivity contribution in [3.05, 3.63) is 91.0 Å². The van der Waals surface area contributed by atoms with Crippen LogP contribution in [0.1, 0.15) is 0 Å². The Kier molecular flexibility index (Phi) is 7.22. The summed E-state index contributed by atoms with van der Waals surface area (Å²) in [7, 11) is 0. The van der Waals surface area contributed by atoms with Gasteiger partial charge in [-0.25, -0.2) is 0 Å². The molecule has 4 rings (SSSR count). The first kappa shape index (κ1) is 19.9. The van der Waals surface area contributed by atoms with Crippen LogP contribution < -0.4 is 15.9 Å². The number of nitrogens with zero attached hydrogens (tertiary/aromatic N) is 1. The summed E-state index contributed by atoms with van der Waals surface area (Å²) in [4.78, 5) is 4.77. The average molecular weight is 577 g/mol. The Morgan fingerprint density at radius 2 is 1.12 bits per heavy atom. The van der Waals surface area contributed by atoms with Gasteiger partial charge in [-0.15, -0.1) is 0 Å². The standard InChI is InChI=1S/C21H19NPS2.Au/c1-4-10-18(11-5-1)23(19-12-6-2-7-13-19,20-14-8-3-9-15-20)25-21-22-16-17-24-21;/h1-15H,16-17H2;/q+1;. The molecule has 0 amide bonds. The van der Waals surface area contributed by atoms with E-state index in [2.05, 4.69) is 91.0 Å². The second-order valence-corrected chi connectivity index (χ2v) is 12.6. The molecule has 0 fully saturated rings. The molecule has 1 aliphatic rings. The summed E-state index contributed by atoms with van der Waals surface area (Å²) in [6.45, 7) is -0.902. The van der Waals surface area contributed by atoms with Gasteiger partial charge in [-0.3, -0.25) is 4.99 Å². The van der Waals surface area contributed by atoms with Crippen molar-refractivity contribution in [2.24, 2.45) is 4.99 Å². The van der Waals surface area contributed by atoms with Gasteiger partial charge in [0.1, 0.15) is 15.9 Å². The number of hydrogen-bond acceptors (Lipinski definition) is 3. The van der Waals surface area contributed by atoms with Crippen molar-refractivity contribution in [1.82, 2.24) is 0 Å². The zero-order chi connectivity index (χ0) is 17.0. The van der Waals surface area contributed by atoms with Crippen molar-refractivity contribution in [1.29, 1.82) is 0 Å². The van der Waals surface area contributed by atoms with Crippen LogP contribution in [0.4, 0.5) is 0 Å². The van der Waals surface area contributed by atoms with Gasteiger partial charge in [-0.1, -0.05) is 66.4 Å². The molecule has 26 heavy (non-hydrogen) atoms. The summed E-state index contributed by atoms with van der Waals surface area (Å²) in [5.41, 5.74) is 0. The van der Waals surface area contributed by atoms with Crippen LogP contribution >= 0.6 is 29.6 Å². The molecule has 0 N–H and O–H groups in total. The summed E-state index contributed by atoms with van der Waals surface area (Å²) in [6.07, 6.45) is 0. The van der Waals surface area contributed by atoms with Gasteiger partial charge in [-0.05, 0) is 36.4 Å². The molecular formula is C21H19AuNPS2+. The van der Waals surface area contributed by atoms with E-state index >= 15 is 0 Å². The Labute approximate surface area is 179 Å². The molecule has 0 aromatic heterocycles. The molecule has 1 nitrogen and oxygen atoms in total. The van der Waals surface area contributed by atoms with Gasteiger partial charge in [0.05, 0.1) is 17.9 Å². The third kappa shape index (κ3) is 4.04. The molecule has 0 saturated heterocycles.